The van der Waals surface area contributed by atoms with Crippen LogP contribution in [0, 0.1) is 17.1 Å². The van der Waals surface area contributed by atoms with Crippen LogP contribution in [0.5, 0.6) is 11.5 Å². The molecule has 0 aliphatic rings. The fourth-order valence-corrected chi connectivity index (χ4v) is 2.11. The molecule has 0 unspecified atom stereocenters. The molecule has 0 N–H and O–H groups in total. The summed E-state index contributed by atoms with van der Waals surface area (Å²) in [6.45, 7) is 0. The van der Waals surface area contributed by atoms with Gasteiger partial charge in [0.15, 0.2) is 0 Å². The average Bonchev–Trinajstić information content (AvgIpc) is 2.39. The van der Waals surface area contributed by atoms with Gasteiger partial charge in [-0.3, -0.25) is 0 Å². The number of hydrogen-bond donors (Lipinski definition) is 0. The number of halogens is 3. The normalized spacial score (nSPS) is 10.0. The van der Waals surface area contributed by atoms with E-state index in [-0.39, 0.29) is 17.2 Å². The Hall–Kier alpha value is -1.57. The van der Waals surface area contributed by atoms with Gasteiger partial charge in [0.25, 0.3) is 0 Å². The van der Waals surface area contributed by atoms with Gasteiger partial charge in [-0.15, -0.1) is 11.6 Å². The second kappa shape index (κ2) is 6.05. The first-order valence-corrected chi connectivity index (χ1v) is 6.69. The highest BCUT2D eigenvalue weighted by atomic mass is 79.9. The molecule has 0 bridgehead atoms. The van der Waals surface area contributed by atoms with Crippen molar-refractivity contribution in [3.05, 3.63) is 57.8 Å². The van der Waals surface area contributed by atoms with Crippen LogP contribution in [0.2, 0.25) is 0 Å². The summed E-state index contributed by atoms with van der Waals surface area (Å²) in [5.41, 5.74) is 0.640. The van der Waals surface area contributed by atoms with Crippen LogP contribution >= 0.6 is 27.5 Å². The predicted octanol–water partition coefficient (Wildman–Crippen LogP) is 4.99. The Balaban J connectivity index is 2.45. The van der Waals surface area contributed by atoms with Crippen molar-refractivity contribution in [1.29, 1.82) is 5.26 Å². The lowest BCUT2D eigenvalue weighted by molar-refractivity contribution is 0.470. The molecule has 2 aromatic rings. The maximum Gasteiger partial charge on any atom is 0.148 e. The fourth-order valence-electron chi connectivity index (χ4n) is 1.55. The van der Waals surface area contributed by atoms with E-state index in [9.17, 15) is 4.39 Å². The minimum atomic E-state index is -0.609. The summed E-state index contributed by atoms with van der Waals surface area (Å²) in [6, 6.07) is 11.4. The van der Waals surface area contributed by atoms with Crippen molar-refractivity contribution in [1.82, 2.24) is 0 Å². The van der Waals surface area contributed by atoms with E-state index in [2.05, 4.69) is 15.9 Å². The van der Waals surface area contributed by atoms with Crippen molar-refractivity contribution < 1.29 is 9.13 Å². The molecule has 2 rings (SSSR count). The molecule has 0 aromatic heterocycles. The summed E-state index contributed by atoms with van der Waals surface area (Å²) in [7, 11) is 0. The third-order valence-corrected chi connectivity index (χ3v) is 3.26. The summed E-state index contributed by atoms with van der Waals surface area (Å²) in [6.07, 6.45) is 0. The number of hydrogen-bond acceptors (Lipinski definition) is 2. The number of benzene rings is 2. The van der Waals surface area contributed by atoms with Crippen LogP contribution in [0.4, 0.5) is 4.39 Å². The van der Waals surface area contributed by atoms with Gasteiger partial charge in [0.1, 0.15) is 28.9 Å². The highest BCUT2D eigenvalue weighted by Crippen LogP contribution is 2.32. The monoisotopic (exact) mass is 339 g/mol. The summed E-state index contributed by atoms with van der Waals surface area (Å²) >= 11 is 9.15. The van der Waals surface area contributed by atoms with E-state index in [1.54, 1.807) is 24.3 Å². The molecule has 0 amide bonds. The van der Waals surface area contributed by atoms with Crippen LogP contribution < -0.4 is 4.74 Å². The summed E-state index contributed by atoms with van der Waals surface area (Å²) in [5, 5.41) is 8.95. The molecule has 2 nitrogen and oxygen atoms in total. The van der Waals surface area contributed by atoms with Crippen molar-refractivity contribution in [2.75, 3.05) is 0 Å². The Bertz CT molecular complexity index is 654. The summed E-state index contributed by atoms with van der Waals surface area (Å²) in [4.78, 5) is 0. The SMILES string of the molecule is N#Cc1c(F)cccc1Oc1cc(Br)ccc1CCl. The molecule has 0 saturated heterocycles. The first-order chi connectivity index (χ1) is 9.15. The van der Waals surface area contributed by atoms with Crippen LogP contribution in [0.25, 0.3) is 0 Å². The third-order valence-electron chi connectivity index (χ3n) is 2.48. The van der Waals surface area contributed by atoms with Crippen molar-refractivity contribution in [2.45, 2.75) is 5.88 Å². The van der Waals surface area contributed by atoms with E-state index < -0.39 is 5.82 Å². The van der Waals surface area contributed by atoms with Gasteiger partial charge in [0, 0.05) is 10.0 Å². The maximum absolute atomic E-state index is 13.5. The molecule has 0 spiro atoms. The molecule has 0 radical (unpaired) electrons. The van der Waals surface area contributed by atoms with E-state index in [0.29, 0.717) is 5.75 Å². The van der Waals surface area contributed by atoms with E-state index in [0.717, 1.165) is 10.0 Å². The number of ether oxygens (including phenoxy) is 1. The Morgan fingerprint density at radius 2 is 2.05 bits per heavy atom. The van der Waals surface area contributed by atoms with Gasteiger partial charge < -0.3 is 4.74 Å². The van der Waals surface area contributed by atoms with Gasteiger partial charge in [-0.05, 0) is 24.3 Å². The Labute approximate surface area is 123 Å². The van der Waals surface area contributed by atoms with Gasteiger partial charge in [0.2, 0.25) is 0 Å². The molecule has 0 fully saturated rings. The van der Waals surface area contributed by atoms with E-state index in [1.807, 2.05) is 6.07 Å². The van der Waals surface area contributed by atoms with Crippen LogP contribution in [-0.4, -0.2) is 0 Å². The number of nitrogens with zero attached hydrogens (tertiary/aromatic N) is 1. The van der Waals surface area contributed by atoms with Gasteiger partial charge in [0.05, 0.1) is 5.88 Å². The highest BCUT2D eigenvalue weighted by molar-refractivity contribution is 9.10. The molecule has 19 heavy (non-hydrogen) atoms. The summed E-state index contributed by atoms with van der Waals surface area (Å²) in [5.74, 6) is 0.320. The second-order valence-electron chi connectivity index (χ2n) is 3.71. The molecule has 0 aliphatic carbocycles. The first-order valence-electron chi connectivity index (χ1n) is 5.36. The van der Waals surface area contributed by atoms with Crippen molar-refractivity contribution in [2.24, 2.45) is 0 Å². The number of rotatable bonds is 3. The average molecular weight is 341 g/mol. The van der Waals surface area contributed by atoms with E-state index in [4.69, 9.17) is 21.6 Å². The van der Waals surface area contributed by atoms with Gasteiger partial charge in [-0.1, -0.05) is 28.1 Å². The van der Waals surface area contributed by atoms with Crippen molar-refractivity contribution >= 4 is 27.5 Å². The van der Waals surface area contributed by atoms with Gasteiger partial charge in [-0.25, -0.2) is 4.39 Å². The minimum absolute atomic E-state index is 0.122. The standard InChI is InChI=1S/C14H8BrClFNO/c15-10-5-4-9(7-16)14(6-10)19-13-3-1-2-12(17)11(13)8-18/h1-6H,7H2. The molecule has 0 heterocycles. The molecule has 5 heteroatoms. The molecule has 2 aromatic carbocycles. The lowest BCUT2D eigenvalue weighted by Crippen LogP contribution is -1.94. The Morgan fingerprint density at radius 1 is 1.26 bits per heavy atom. The molecular weight excluding hydrogens is 333 g/mol. The predicted molar refractivity (Wildman–Crippen MR) is 74.9 cm³/mol. The second-order valence-corrected chi connectivity index (χ2v) is 4.90. The maximum atomic E-state index is 13.5. The van der Waals surface area contributed by atoms with Gasteiger partial charge >= 0.3 is 0 Å². The zero-order valence-corrected chi connectivity index (χ0v) is 12.0. The van der Waals surface area contributed by atoms with E-state index >= 15 is 0 Å². The molecular formula is C14H8BrClFNO. The van der Waals surface area contributed by atoms with Crippen molar-refractivity contribution in [3.8, 4) is 17.6 Å². The Kier molecular flexibility index (Phi) is 4.41. The largest absolute Gasteiger partial charge is 0.455 e. The van der Waals surface area contributed by atoms with Crippen LogP contribution in [0.15, 0.2) is 40.9 Å². The third kappa shape index (κ3) is 3.06. The highest BCUT2D eigenvalue weighted by Gasteiger charge is 2.12. The topological polar surface area (TPSA) is 33.0 Å². The number of alkyl halides is 1. The van der Waals surface area contributed by atoms with Crippen LogP contribution in [0.1, 0.15) is 11.1 Å². The lowest BCUT2D eigenvalue weighted by atomic mass is 10.2. The molecule has 96 valence electrons. The quantitative estimate of drug-likeness (QED) is 0.737. The first kappa shape index (κ1) is 13.9. The molecule has 0 aliphatic heterocycles. The Morgan fingerprint density at radius 3 is 2.74 bits per heavy atom. The van der Waals surface area contributed by atoms with E-state index in [1.165, 1.54) is 12.1 Å². The summed E-state index contributed by atoms with van der Waals surface area (Å²) < 4.78 is 19.9. The van der Waals surface area contributed by atoms with Crippen LogP contribution in [-0.2, 0) is 5.88 Å². The molecule has 0 saturated carbocycles. The zero-order valence-electron chi connectivity index (χ0n) is 9.66. The zero-order chi connectivity index (χ0) is 13.8. The number of nitriles is 1. The smallest absolute Gasteiger partial charge is 0.148 e. The van der Waals surface area contributed by atoms with Gasteiger partial charge in [-0.2, -0.15) is 5.26 Å². The van der Waals surface area contributed by atoms with Crippen molar-refractivity contribution in [3.63, 3.8) is 0 Å². The fraction of sp³-hybridized carbons (Fsp3) is 0.0714. The van der Waals surface area contributed by atoms with Crippen LogP contribution in [0.3, 0.4) is 0 Å². The molecule has 0 atom stereocenters. The lowest BCUT2D eigenvalue weighted by Gasteiger charge is -2.11. The minimum Gasteiger partial charge on any atom is -0.455 e.